The number of benzene rings is 1. The lowest BCUT2D eigenvalue weighted by Crippen LogP contribution is -2.43. The molecule has 1 heterocycles. The van der Waals surface area contributed by atoms with E-state index in [9.17, 15) is 22.0 Å². The van der Waals surface area contributed by atoms with Crippen LogP contribution in [-0.2, 0) is 0 Å². The van der Waals surface area contributed by atoms with E-state index in [4.69, 9.17) is 0 Å². The van der Waals surface area contributed by atoms with Crippen LogP contribution in [-0.4, -0.2) is 36.8 Å². The molecule has 0 aromatic heterocycles. The number of likely N-dealkylation sites (tertiary alicyclic amines) is 1. The van der Waals surface area contributed by atoms with E-state index in [1.54, 1.807) is 0 Å². The second kappa shape index (κ2) is 6.48. The Labute approximate surface area is 127 Å². The number of piperidine rings is 1. The van der Waals surface area contributed by atoms with Crippen LogP contribution in [0.25, 0.3) is 0 Å². The lowest BCUT2D eigenvalue weighted by molar-refractivity contribution is -0.147. The predicted octanol–water partition coefficient (Wildman–Crippen LogP) is 4.17. The van der Waals surface area contributed by atoms with Gasteiger partial charge >= 0.3 is 6.18 Å². The molecule has 1 aromatic rings. The van der Waals surface area contributed by atoms with Gasteiger partial charge in [0, 0.05) is 25.2 Å². The minimum atomic E-state index is -4.21. The van der Waals surface area contributed by atoms with E-state index in [1.165, 1.54) is 4.90 Å². The van der Waals surface area contributed by atoms with Crippen LogP contribution in [0.5, 0.6) is 0 Å². The predicted molar refractivity (Wildman–Crippen MR) is 73.2 cm³/mol. The topological polar surface area (TPSA) is 15.3 Å². The quantitative estimate of drug-likeness (QED) is 0.632. The van der Waals surface area contributed by atoms with Crippen LogP contribution in [0.2, 0.25) is 0 Å². The fourth-order valence-corrected chi connectivity index (χ4v) is 2.66. The first kappa shape index (κ1) is 16.5. The summed E-state index contributed by atoms with van der Waals surface area (Å²) in [7, 11) is 0. The zero-order valence-corrected chi connectivity index (χ0v) is 12.6. The Balaban J connectivity index is 1.91. The van der Waals surface area contributed by atoms with Crippen LogP contribution in [0, 0.1) is 11.6 Å². The van der Waals surface area contributed by atoms with E-state index in [0.717, 1.165) is 12.1 Å². The van der Waals surface area contributed by atoms with Gasteiger partial charge in [-0.05, 0) is 34.8 Å². The maximum Gasteiger partial charge on any atom is 0.401 e. The lowest BCUT2D eigenvalue weighted by atomic mass is 10.0. The highest BCUT2D eigenvalue weighted by molar-refractivity contribution is 9.10. The largest absolute Gasteiger partial charge is 0.401 e. The Hall–Kier alpha value is -0.890. The molecule has 1 fully saturated rings. The standard InChI is InChI=1S/C13H14BrF5N2/c14-9-5-11(16)12(6-10(9)15)20-8-1-3-21(4-2-8)7-13(17,18)19/h5-6,8,20H,1-4,7H2. The van der Waals surface area contributed by atoms with Crippen LogP contribution in [0.4, 0.5) is 27.6 Å². The third-order valence-electron chi connectivity index (χ3n) is 3.36. The number of halogens is 6. The van der Waals surface area contributed by atoms with Gasteiger partial charge in [-0.15, -0.1) is 0 Å². The molecule has 0 bridgehead atoms. The molecule has 0 amide bonds. The number of nitrogens with one attached hydrogen (secondary N) is 1. The van der Waals surface area contributed by atoms with Gasteiger partial charge in [-0.25, -0.2) is 8.78 Å². The fourth-order valence-electron chi connectivity index (χ4n) is 2.34. The van der Waals surface area contributed by atoms with E-state index in [1.807, 2.05) is 0 Å². The first-order valence-electron chi connectivity index (χ1n) is 6.45. The van der Waals surface area contributed by atoms with Crippen LogP contribution in [0.1, 0.15) is 12.8 Å². The van der Waals surface area contributed by atoms with Gasteiger partial charge < -0.3 is 5.32 Å². The molecule has 2 nitrogen and oxygen atoms in total. The Kier molecular flexibility index (Phi) is 5.08. The number of alkyl halides is 3. The minimum Gasteiger partial charge on any atom is -0.380 e. The van der Waals surface area contributed by atoms with E-state index >= 15 is 0 Å². The van der Waals surface area contributed by atoms with Crippen molar-refractivity contribution in [3.8, 4) is 0 Å². The fraction of sp³-hybridized carbons (Fsp3) is 0.538. The Morgan fingerprint density at radius 3 is 2.33 bits per heavy atom. The average Bonchev–Trinajstić information content (AvgIpc) is 2.36. The number of nitrogens with zero attached hydrogens (tertiary/aromatic N) is 1. The third kappa shape index (κ3) is 4.81. The monoisotopic (exact) mass is 372 g/mol. The summed E-state index contributed by atoms with van der Waals surface area (Å²) in [6.45, 7) is -0.378. The molecular weight excluding hydrogens is 359 g/mol. The highest BCUT2D eigenvalue weighted by Gasteiger charge is 2.32. The highest BCUT2D eigenvalue weighted by Crippen LogP contribution is 2.26. The van der Waals surface area contributed by atoms with E-state index in [0.29, 0.717) is 12.8 Å². The number of hydrogen-bond donors (Lipinski definition) is 1. The zero-order chi connectivity index (χ0) is 15.6. The second-order valence-corrected chi connectivity index (χ2v) is 5.91. The van der Waals surface area contributed by atoms with Crippen molar-refractivity contribution in [2.45, 2.75) is 25.1 Å². The molecule has 1 N–H and O–H groups in total. The average molecular weight is 373 g/mol. The molecular formula is C13H14BrF5N2. The van der Waals surface area contributed by atoms with Gasteiger partial charge in [0.1, 0.15) is 11.6 Å². The van der Waals surface area contributed by atoms with Crippen molar-refractivity contribution in [2.24, 2.45) is 0 Å². The van der Waals surface area contributed by atoms with E-state index in [-0.39, 0.29) is 29.3 Å². The normalized spacial score (nSPS) is 18.0. The summed E-state index contributed by atoms with van der Waals surface area (Å²) >= 11 is 2.89. The van der Waals surface area contributed by atoms with E-state index < -0.39 is 24.4 Å². The second-order valence-electron chi connectivity index (χ2n) is 5.06. The molecule has 21 heavy (non-hydrogen) atoms. The molecule has 0 radical (unpaired) electrons. The zero-order valence-electron chi connectivity index (χ0n) is 11.0. The first-order valence-corrected chi connectivity index (χ1v) is 7.24. The highest BCUT2D eigenvalue weighted by atomic mass is 79.9. The molecule has 0 unspecified atom stereocenters. The third-order valence-corrected chi connectivity index (χ3v) is 3.97. The maximum absolute atomic E-state index is 13.7. The molecule has 2 rings (SSSR count). The summed E-state index contributed by atoms with van der Waals surface area (Å²) in [5.41, 5.74) is 0.0324. The summed E-state index contributed by atoms with van der Waals surface area (Å²) in [6.07, 6.45) is -3.30. The molecule has 1 saturated heterocycles. The van der Waals surface area contributed by atoms with Gasteiger partial charge in [0.25, 0.3) is 0 Å². The number of hydrogen-bond acceptors (Lipinski definition) is 2. The SMILES string of the molecule is Fc1cc(NC2CCN(CC(F)(F)F)CC2)c(F)cc1Br. The summed E-state index contributed by atoms with van der Waals surface area (Å²) in [6, 6.07) is 1.90. The van der Waals surface area contributed by atoms with Gasteiger partial charge in [0.2, 0.25) is 0 Å². The lowest BCUT2D eigenvalue weighted by Gasteiger charge is -2.33. The molecule has 1 aliphatic rings. The Bertz CT molecular complexity index is 498. The number of rotatable bonds is 3. The van der Waals surface area contributed by atoms with Gasteiger partial charge in [0.05, 0.1) is 16.7 Å². The molecule has 8 heteroatoms. The summed E-state index contributed by atoms with van der Waals surface area (Å²) in [4.78, 5) is 1.32. The van der Waals surface area contributed by atoms with Gasteiger partial charge in [-0.3, -0.25) is 4.90 Å². The molecule has 0 spiro atoms. The van der Waals surface area contributed by atoms with Crippen molar-refractivity contribution in [3.05, 3.63) is 28.2 Å². The summed E-state index contributed by atoms with van der Waals surface area (Å²) in [5, 5.41) is 2.86. The molecule has 0 atom stereocenters. The molecule has 1 aliphatic heterocycles. The summed E-state index contributed by atoms with van der Waals surface area (Å²) < 4.78 is 63.9. The number of anilines is 1. The van der Waals surface area contributed by atoms with Crippen molar-refractivity contribution in [2.75, 3.05) is 25.0 Å². The van der Waals surface area contributed by atoms with Crippen LogP contribution in [0.3, 0.4) is 0 Å². The smallest absolute Gasteiger partial charge is 0.380 e. The van der Waals surface area contributed by atoms with Crippen molar-refractivity contribution < 1.29 is 22.0 Å². The van der Waals surface area contributed by atoms with Crippen molar-refractivity contribution in [3.63, 3.8) is 0 Å². The van der Waals surface area contributed by atoms with Crippen molar-refractivity contribution >= 4 is 21.6 Å². The molecule has 0 saturated carbocycles. The molecule has 1 aromatic carbocycles. The van der Waals surface area contributed by atoms with Crippen molar-refractivity contribution in [1.82, 2.24) is 4.90 Å². The Morgan fingerprint density at radius 2 is 1.76 bits per heavy atom. The molecule has 118 valence electrons. The van der Waals surface area contributed by atoms with Crippen LogP contribution >= 0.6 is 15.9 Å². The van der Waals surface area contributed by atoms with Crippen LogP contribution < -0.4 is 5.32 Å². The van der Waals surface area contributed by atoms with Gasteiger partial charge in [0.15, 0.2) is 0 Å². The van der Waals surface area contributed by atoms with Crippen LogP contribution in [0.15, 0.2) is 16.6 Å². The van der Waals surface area contributed by atoms with Gasteiger partial charge in [-0.2, -0.15) is 13.2 Å². The maximum atomic E-state index is 13.7. The molecule has 0 aliphatic carbocycles. The Morgan fingerprint density at radius 1 is 1.14 bits per heavy atom. The van der Waals surface area contributed by atoms with Gasteiger partial charge in [-0.1, -0.05) is 0 Å². The summed E-state index contributed by atoms with van der Waals surface area (Å²) in [5.74, 6) is -1.19. The van der Waals surface area contributed by atoms with E-state index in [2.05, 4.69) is 21.2 Å². The minimum absolute atomic E-state index is 0.0324. The first-order chi connectivity index (χ1) is 9.74. The van der Waals surface area contributed by atoms with Crippen molar-refractivity contribution in [1.29, 1.82) is 0 Å².